The molecule has 5 heteroatoms. The van der Waals surface area contributed by atoms with Crippen LogP contribution in [-0.4, -0.2) is 30.4 Å². The van der Waals surface area contributed by atoms with Crippen molar-refractivity contribution in [1.82, 2.24) is 0 Å². The van der Waals surface area contributed by atoms with Gasteiger partial charge in [0.25, 0.3) is 10.1 Å². The first kappa shape index (κ1) is 15.9. The summed E-state index contributed by atoms with van der Waals surface area (Å²) < 4.78 is 30.9. The van der Waals surface area contributed by atoms with Gasteiger partial charge in [0.2, 0.25) is 0 Å². The second-order valence-corrected chi connectivity index (χ2v) is 6.31. The highest BCUT2D eigenvalue weighted by Crippen LogP contribution is 2.34. The zero-order valence-electron chi connectivity index (χ0n) is 10.4. The van der Waals surface area contributed by atoms with Gasteiger partial charge in [-0.3, -0.25) is 4.55 Å². The average Bonchev–Trinajstić information content (AvgIpc) is 2.14. The van der Waals surface area contributed by atoms with Crippen molar-refractivity contribution in [2.75, 3.05) is 12.4 Å². The normalized spacial score (nSPS) is 16.4. The molecule has 0 rings (SSSR count). The molecule has 0 saturated carbocycles. The molecule has 0 aromatic rings. The fraction of sp³-hybridized carbons (Fsp3) is 1.00. The van der Waals surface area contributed by atoms with Crippen LogP contribution >= 0.6 is 0 Å². The molecule has 0 radical (unpaired) electrons. The maximum Gasteiger partial charge on any atom is 0.265 e. The number of hydrogen-bond donors (Lipinski definition) is 2. The first-order chi connectivity index (χ1) is 7.27. The lowest BCUT2D eigenvalue weighted by atomic mass is 9.75. The number of aliphatic hydroxyl groups excluding tert-OH is 1. The first-order valence-corrected chi connectivity index (χ1v) is 7.44. The maximum absolute atomic E-state index is 11.0. The van der Waals surface area contributed by atoms with Crippen LogP contribution in [0.2, 0.25) is 0 Å². The van der Waals surface area contributed by atoms with Crippen molar-refractivity contribution in [3.63, 3.8) is 0 Å². The Morgan fingerprint density at radius 1 is 1.25 bits per heavy atom. The summed E-state index contributed by atoms with van der Waals surface area (Å²) in [5.74, 6) is -0.325. The van der Waals surface area contributed by atoms with Crippen LogP contribution in [0.4, 0.5) is 0 Å². The number of rotatable bonds is 8. The van der Waals surface area contributed by atoms with Crippen LogP contribution < -0.4 is 0 Å². The summed E-state index contributed by atoms with van der Waals surface area (Å²) in [6.07, 6.45) is 3.57. The predicted octanol–water partition coefficient (Wildman–Crippen LogP) is 2.09. The molecule has 0 aliphatic carbocycles. The lowest BCUT2D eigenvalue weighted by Crippen LogP contribution is -2.38. The van der Waals surface area contributed by atoms with Crippen molar-refractivity contribution in [1.29, 1.82) is 0 Å². The molecule has 16 heavy (non-hydrogen) atoms. The minimum Gasteiger partial charge on any atom is -0.396 e. The second-order valence-electron chi connectivity index (χ2n) is 4.86. The summed E-state index contributed by atoms with van der Waals surface area (Å²) in [6, 6.07) is 0. The molecule has 1 atom stereocenters. The van der Waals surface area contributed by atoms with Gasteiger partial charge in [0, 0.05) is 5.41 Å². The minimum atomic E-state index is -4.04. The highest BCUT2D eigenvalue weighted by molar-refractivity contribution is 7.85. The fourth-order valence-electron chi connectivity index (χ4n) is 1.93. The van der Waals surface area contributed by atoms with Gasteiger partial charge in [0.15, 0.2) is 0 Å². The molecule has 0 fully saturated rings. The van der Waals surface area contributed by atoms with E-state index >= 15 is 0 Å². The molecule has 0 spiro atoms. The second kappa shape index (κ2) is 6.57. The summed E-state index contributed by atoms with van der Waals surface area (Å²) >= 11 is 0. The van der Waals surface area contributed by atoms with Crippen LogP contribution in [-0.2, 0) is 10.1 Å². The third-order valence-corrected chi connectivity index (χ3v) is 4.23. The van der Waals surface area contributed by atoms with Crippen LogP contribution in [0, 0.1) is 11.3 Å². The lowest BCUT2D eigenvalue weighted by Gasteiger charge is -2.34. The summed E-state index contributed by atoms with van der Waals surface area (Å²) in [5.41, 5.74) is -0.706. The van der Waals surface area contributed by atoms with Crippen LogP contribution in [0.3, 0.4) is 0 Å². The summed E-state index contributed by atoms with van der Waals surface area (Å²) in [6.45, 7) is 5.63. The molecule has 0 aromatic carbocycles. The van der Waals surface area contributed by atoms with E-state index in [1.807, 2.05) is 13.8 Å². The van der Waals surface area contributed by atoms with Gasteiger partial charge >= 0.3 is 0 Å². The Morgan fingerprint density at radius 3 is 2.12 bits per heavy atom. The lowest BCUT2D eigenvalue weighted by molar-refractivity contribution is 0.0838. The van der Waals surface area contributed by atoms with Gasteiger partial charge in [0.1, 0.15) is 0 Å². The van der Waals surface area contributed by atoms with Gasteiger partial charge in [0.05, 0.1) is 12.4 Å². The molecule has 0 saturated heterocycles. The van der Waals surface area contributed by atoms with E-state index in [1.165, 1.54) is 0 Å². The van der Waals surface area contributed by atoms with Crippen molar-refractivity contribution in [2.24, 2.45) is 11.3 Å². The monoisotopic (exact) mass is 252 g/mol. The Balaban J connectivity index is 4.72. The number of aliphatic hydroxyl groups is 1. The van der Waals surface area contributed by atoms with Crippen LogP contribution in [0.5, 0.6) is 0 Å². The molecule has 1 unspecified atom stereocenters. The third-order valence-electron chi connectivity index (χ3n) is 3.29. The summed E-state index contributed by atoms with van der Waals surface area (Å²) in [7, 11) is -4.04. The smallest absolute Gasteiger partial charge is 0.265 e. The molecule has 0 heterocycles. The van der Waals surface area contributed by atoms with Crippen LogP contribution in [0.25, 0.3) is 0 Å². The van der Waals surface area contributed by atoms with Crippen LogP contribution in [0.15, 0.2) is 0 Å². The molecule has 2 N–H and O–H groups in total. The average molecular weight is 252 g/mol. The van der Waals surface area contributed by atoms with Gasteiger partial charge in [-0.05, 0) is 12.3 Å². The van der Waals surface area contributed by atoms with E-state index in [4.69, 9.17) is 4.55 Å². The SMILES string of the molecule is CCCCCC(CO)(CS(=O)(=O)O)C(C)C. The van der Waals surface area contributed by atoms with E-state index in [2.05, 4.69) is 6.92 Å². The summed E-state index contributed by atoms with van der Waals surface area (Å²) in [5, 5.41) is 9.43. The zero-order chi connectivity index (χ0) is 12.8. The maximum atomic E-state index is 11.0. The van der Waals surface area contributed by atoms with Crippen molar-refractivity contribution in [3.8, 4) is 0 Å². The number of hydrogen-bond acceptors (Lipinski definition) is 3. The van der Waals surface area contributed by atoms with Gasteiger partial charge in [-0.25, -0.2) is 0 Å². The molecule has 0 bridgehead atoms. The Hall–Kier alpha value is -0.130. The minimum absolute atomic E-state index is 0.0243. The zero-order valence-corrected chi connectivity index (χ0v) is 11.3. The molecule has 0 aromatic heterocycles. The van der Waals surface area contributed by atoms with Crippen molar-refractivity contribution in [2.45, 2.75) is 46.5 Å². The Kier molecular flexibility index (Phi) is 6.51. The topological polar surface area (TPSA) is 74.6 Å². The van der Waals surface area contributed by atoms with Gasteiger partial charge in [-0.15, -0.1) is 0 Å². The van der Waals surface area contributed by atoms with E-state index in [-0.39, 0.29) is 18.3 Å². The largest absolute Gasteiger partial charge is 0.396 e. The van der Waals surface area contributed by atoms with Gasteiger partial charge in [-0.1, -0.05) is 40.0 Å². The van der Waals surface area contributed by atoms with E-state index in [9.17, 15) is 13.5 Å². The quantitative estimate of drug-likeness (QED) is 0.512. The van der Waals surface area contributed by atoms with Crippen LogP contribution in [0.1, 0.15) is 46.5 Å². The van der Waals surface area contributed by atoms with Crippen molar-refractivity contribution in [3.05, 3.63) is 0 Å². The van der Waals surface area contributed by atoms with E-state index in [1.54, 1.807) is 0 Å². The summed E-state index contributed by atoms with van der Waals surface area (Å²) in [4.78, 5) is 0. The molecular formula is C11H24O4S. The highest BCUT2D eigenvalue weighted by atomic mass is 32.2. The Morgan fingerprint density at radius 2 is 1.81 bits per heavy atom. The molecule has 0 aliphatic heterocycles. The van der Waals surface area contributed by atoms with E-state index in [0.717, 1.165) is 19.3 Å². The Labute approximate surface area is 98.8 Å². The predicted molar refractivity (Wildman–Crippen MR) is 64.9 cm³/mol. The van der Waals surface area contributed by atoms with Crippen molar-refractivity contribution >= 4 is 10.1 Å². The van der Waals surface area contributed by atoms with E-state index < -0.39 is 15.5 Å². The van der Waals surface area contributed by atoms with Gasteiger partial charge in [-0.2, -0.15) is 8.42 Å². The Bertz CT molecular complexity index is 284. The highest BCUT2D eigenvalue weighted by Gasteiger charge is 2.36. The first-order valence-electron chi connectivity index (χ1n) is 5.83. The standard InChI is InChI=1S/C11H24O4S/c1-4-5-6-7-11(8-12,10(2)3)9-16(13,14)15/h10,12H,4-9H2,1-3H3,(H,13,14,15). The molecule has 0 aliphatic rings. The molecule has 4 nitrogen and oxygen atoms in total. The van der Waals surface area contributed by atoms with Crippen molar-refractivity contribution < 1.29 is 18.1 Å². The molecule has 0 amide bonds. The molecular weight excluding hydrogens is 228 g/mol. The molecule has 98 valence electrons. The number of unbranched alkanes of at least 4 members (excludes halogenated alkanes) is 2. The third kappa shape index (κ3) is 5.27. The fourth-order valence-corrected chi connectivity index (χ4v) is 3.22. The van der Waals surface area contributed by atoms with E-state index in [0.29, 0.717) is 6.42 Å². The van der Waals surface area contributed by atoms with Gasteiger partial charge < -0.3 is 5.11 Å².